The lowest BCUT2D eigenvalue weighted by molar-refractivity contribution is -0.137. The van der Waals surface area contributed by atoms with E-state index in [1.165, 1.54) is 0 Å². The number of benzene rings is 2. The van der Waals surface area contributed by atoms with Gasteiger partial charge in [0.2, 0.25) is 5.95 Å². The van der Waals surface area contributed by atoms with Gasteiger partial charge in [-0.3, -0.25) is 0 Å². The minimum atomic E-state index is -4.60. The number of alkyl halides is 3. The highest BCUT2D eigenvalue weighted by Crippen LogP contribution is 2.35. The topological polar surface area (TPSA) is 59.1 Å². The average molecular weight is 416 g/mol. The maximum atomic E-state index is 13.5. The molecule has 0 aliphatic rings. The van der Waals surface area contributed by atoms with Crippen molar-refractivity contribution in [1.82, 2.24) is 9.97 Å². The van der Waals surface area contributed by atoms with E-state index in [1.807, 2.05) is 45.9 Å². The number of nitrogens with one attached hydrogen (secondary N) is 2. The van der Waals surface area contributed by atoms with Gasteiger partial charge in [0.05, 0.1) is 0 Å². The maximum Gasteiger partial charge on any atom is 0.421 e. The molecule has 8 heteroatoms. The quantitative estimate of drug-likeness (QED) is 0.499. The number of halogens is 3. The van der Waals surface area contributed by atoms with E-state index in [4.69, 9.17) is 4.74 Å². The second kappa shape index (κ2) is 8.22. The Labute approximate surface area is 173 Å². The van der Waals surface area contributed by atoms with E-state index >= 15 is 0 Å². The van der Waals surface area contributed by atoms with E-state index in [-0.39, 0.29) is 17.4 Å². The molecule has 0 unspecified atom stereocenters. The molecular formula is C22H23F3N4O. The predicted octanol–water partition coefficient (Wildman–Crippen LogP) is 6.47. The lowest BCUT2D eigenvalue weighted by Gasteiger charge is -2.21. The molecule has 0 amide bonds. The first kappa shape index (κ1) is 21.4. The molecule has 1 heterocycles. The predicted molar refractivity (Wildman–Crippen MR) is 112 cm³/mol. The van der Waals surface area contributed by atoms with Gasteiger partial charge in [-0.05, 0) is 69.7 Å². The molecule has 0 saturated carbocycles. The first-order valence-electron chi connectivity index (χ1n) is 9.34. The Morgan fingerprint density at radius 3 is 2.20 bits per heavy atom. The Balaban J connectivity index is 1.87. The second-order valence-corrected chi connectivity index (χ2v) is 7.81. The summed E-state index contributed by atoms with van der Waals surface area (Å²) < 4.78 is 46.1. The van der Waals surface area contributed by atoms with Crippen molar-refractivity contribution in [3.05, 3.63) is 65.9 Å². The van der Waals surface area contributed by atoms with Crippen molar-refractivity contribution >= 4 is 23.1 Å². The lowest BCUT2D eigenvalue weighted by Crippen LogP contribution is -2.22. The number of hydrogen-bond donors (Lipinski definition) is 2. The van der Waals surface area contributed by atoms with Crippen LogP contribution in [0.2, 0.25) is 0 Å². The van der Waals surface area contributed by atoms with Crippen LogP contribution in [-0.2, 0) is 6.18 Å². The molecule has 0 aliphatic carbocycles. The van der Waals surface area contributed by atoms with E-state index < -0.39 is 11.7 Å². The minimum Gasteiger partial charge on any atom is -0.488 e. The normalized spacial score (nSPS) is 11.8. The molecule has 0 radical (unpaired) electrons. The summed E-state index contributed by atoms with van der Waals surface area (Å²) in [4.78, 5) is 7.88. The summed E-state index contributed by atoms with van der Waals surface area (Å²) in [6.07, 6.45) is -3.83. The van der Waals surface area contributed by atoms with Crippen LogP contribution in [0.3, 0.4) is 0 Å². The van der Waals surface area contributed by atoms with Crippen LogP contribution in [0.4, 0.5) is 36.3 Å². The van der Waals surface area contributed by atoms with Gasteiger partial charge in [0.15, 0.2) is 0 Å². The number of rotatable bonds is 5. The third-order valence-electron chi connectivity index (χ3n) is 3.91. The van der Waals surface area contributed by atoms with Crippen molar-refractivity contribution in [1.29, 1.82) is 0 Å². The molecule has 3 aromatic rings. The zero-order valence-corrected chi connectivity index (χ0v) is 17.1. The molecule has 30 heavy (non-hydrogen) atoms. The van der Waals surface area contributed by atoms with Crippen molar-refractivity contribution in [2.45, 2.75) is 39.5 Å². The molecule has 0 spiro atoms. The molecule has 0 atom stereocenters. The Morgan fingerprint density at radius 1 is 0.900 bits per heavy atom. The summed E-state index contributed by atoms with van der Waals surface area (Å²) in [7, 11) is 0. The molecule has 0 bridgehead atoms. The van der Waals surface area contributed by atoms with E-state index in [1.54, 1.807) is 30.3 Å². The monoisotopic (exact) mass is 416 g/mol. The van der Waals surface area contributed by atoms with Crippen LogP contribution in [0.15, 0.2) is 54.7 Å². The molecule has 2 aromatic carbocycles. The zero-order valence-electron chi connectivity index (χ0n) is 17.1. The smallest absolute Gasteiger partial charge is 0.421 e. The molecule has 158 valence electrons. The summed E-state index contributed by atoms with van der Waals surface area (Å²) >= 11 is 0. The van der Waals surface area contributed by atoms with E-state index in [2.05, 4.69) is 20.6 Å². The highest BCUT2D eigenvalue weighted by molar-refractivity contribution is 5.63. The van der Waals surface area contributed by atoms with E-state index in [0.717, 1.165) is 11.8 Å². The van der Waals surface area contributed by atoms with Gasteiger partial charge in [0.1, 0.15) is 22.7 Å². The number of ether oxygens (including phenoxy) is 1. The van der Waals surface area contributed by atoms with Crippen LogP contribution in [0.25, 0.3) is 0 Å². The van der Waals surface area contributed by atoms with Crippen LogP contribution in [-0.4, -0.2) is 15.6 Å². The van der Waals surface area contributed by atoms with Crippen molar-refractivity contribution < 1.29 is 17.9 Å². The molecular weight excluding hydrogens is 393 g/mol. The summed E-state index contributed by atoms with van der Waals surface area (Å²) in [5.41, 5.74) is 0.808. The fourth-order valence-electron chi connectivity index (χ4n) is 2.69. The van der Waals surface area contributed by atoms with Crippen LogP contribution < -0.4 is 15.4 Å². The Bertz CT molecular complexity index is 1010. The van der Waals surface area contributed by atoms with Gasteiger partial charge in [-0.1, -0.05) is 12.1 Å². The third-order valence-corrected chi connectivity index (χ3v) is 3.91. The molecule has 0 saturated heterocycles. The Kier molecular flexibility index (Phi) is 5.87. The maximum absolute atomic E-state index is 13.5. The van der Waals surface area contributed by atoms with Gasteiger partial charge in [0.25, 0.3) is 0 Å². The third kappa shape index (κ3) is 5.85. The molecule has 0 fully saturated rings. The summed E-state index contributed by atoms with van der Waals surface area (Å²) in [5.74, 6) is 0.342. The second-order valence-electron chi connectivity index (χ2n) is 7.81. The first-order valence-corrected chi connectivity index (χ1v) is 9.34. The van der Waals surface area contributed by atoms with Crippen LogP contribution in [0, 0.1) is 6.92 Å². The fourth-order valence-corrected chi connectivity index (χ4v) is 2.69. The van der Waals surface area contributed by atoms with E-state index in [0.29, 0.717) is 17.1 Å². The van der Waals surface area contributed by atoms with Gasteiger partial charge in [-0.15, -0.1) is 0 Å². The molecule has 2 N–H and O–H groups in total. The van der Waals surface area contributed by atoms with E-state index in [9.17, 15) is 13.2 Å². The van der Waals surface area contributed by atoms with Gasteiger partial charge in [-0.2, -0.15) is 18.2 Å². The highest BCUT2D eigenvalue weighted by atomic mass is 19.4. The molecule has 5 nitrogen and oxygen atoms in total. The first-order chi connectivity index (χ1) is 14.0. The SMILES string of the molecule is Cc1cccc(Nc2ncc(C(F)(F)F)c(Nc3ccc(OC(C)(C)C)cc3)n2)c1. The summed E-state index contributed by atoms with van der Waals surface area (Å²) in [6, 6.07) is 14.0. The van der Waals surface area contributed by atoms with Gasteiger partial charge in [-0.25, -0.2) is 4.98 Å². The number of hydrogen-bond acceptors (Lipinski definition) is 5. The zero-order chi connectivity index (χ0) is 21.9. The van der Waals surface area contributed by atoms with Gasteiger partial charge < -0.3 is 15.4 Å². The minimum absolute atomic E-state index is 0.0591. The fraction of sp³-hybridized carbons (Fsp3) is 0.273. The average Bonchev–Trinajstić information content (AvgIpc) is 2.61. The summed E-state index contributed by atoms with van der Waals surface area (Å²) in [6.45, 7) is 7.66. The number of nitrogens with zero attached hydrogens (tertiary/aromatic N) is 2. The largest absolute Gasteiger partial charge is 0.488 e. The molecule has 0 aliphatic heterocycles. The standard InChI is InChI=1S/C22H23F3N4O/c1-14-6-5-7-16(12-14)28-20-26-13-18(22(23,24)25)19(29-20)27-15-8-10-17(11-9-15)30-21(2,3)4/h5-13H,1-4H3,(H2,26,27,28,29). The summed E-state index contributed by atoms with van der Waals surface area (Å²) in [5, 5.41) is 5.67. The molecule has 1 aromatic heterocycles. The van der Waals surface area contributed by atoms with Crippen LogP contribution in [0.1, 0.15) is 31.9 Å². The van der Waals surface area contributed by atoms with Crippen molar-refractivity contribution in [3.63, 3.8) is 0 Å². The van der Waals surface area contributed by atoms with Crippen LogP contribution in [0.5, 0.6) is 5.75 Å². The van der Waals surface area contributed by atoms with Crippen LogP contribution >= 0.6 is 0 Å². The highest BCUT2D eigenvalue weighted by Gasteiger charge is 2.35. The molecule has 3 rings (SSSR count). The van der Waals surface area contributed by atoms with Crippen molar-refractivity contribution in [2.75, 3.05) is 10.6 Å². The van der Waals surface area contributed by atoms with Gasteiger partial charge >= 0.3 is 6.18 Å². The van der Waals surface area contributed by atoms with Gasteiger partial charge in [0, 0.05) is 17.6 Å². The Hall–Kier alpha value is -3.29. The number of anilines is 4. The lowest BCUT2D eigenvalue weighted by atomic mass is 10.2. The Morgan fingerprint density at radius 2 is 1.60 bits per heavy atom. The van der Waals surface area contributed by atoms with Crippen molar-refractivity contribution in [2.24, 2.45) is 0 Å². The number of aromatic nitrogens is 2. The number of aryl methyl sites for hydroxylation is 1. The van der Waals surface area contributed by atoms with Crippen molar-refractivity contribution in [3.8, 4) is 5.75 Å².